The fourth-order valence-electron chi connectivity index (χ4n) is 1.63. The number of aliphatic imine (C=N–C) groups is 1. The molecule has 0 aliphatic heterocycles. The highest BCUT2D eigenvalue weighted by molar-refractivity contribution is 9.10. The summed E-state index contributed by atoms with van der Waals surface area (Å²) in [6.45, 7) is 1.93. The lowest BCUT2D eigenvalue weighted by atomic mass is 10.3. The molecule has 0 amide bonds. The van der Waals surface area contributed by atoms with Crippen LogP contribution < -0.4 is 10.1 Å². The molecule has 0 aliphatic carbocycles. The van der Waals surface area contributed by atoms with Gasteiger partial charge in [0.25, 0.3) is 0 Å². The van der Waals surface area contributed by atoms with Crippen molar-refractivity contribution in [2.24, 2.45) is 4.99 Å². The highest BCUT2D eigenvalue weighted by Gasteiger charge is 1.99. The third-order valence-corrected chi connectivity index (χ3v) is 3.23. The number of anilines is 1. The van der Waals surface area contributed by atoms with Crippen LogP contribution in [0.15, 0.2) is 58.0 Å². The number of hydrogen-bond acceptors (Lipinski definition) is 2. The van der Waals surface area contributed by atoms with E-state index in [1.54, 1.807) is 7.11 Å². The van der Waals surface area contributed by atoms with E-state index in [9.17, 15) is 0 Å². The molecule has 0 saturated carbocycles. The molecule has 2 aromatic carbocycles. The van der Waals surface area contributed by atoms with Gasteiger partial charge < -0.3 is 10.1 Å². The molecule has 19 heavy (non-hydrogen) atoms. The van der Waals surface area contributed by atoms with Gasteiger partial charge in [-0.2, -0.15) is 0 Å². The summed E-state index contributed by atoms with van der Waals surface area (Å²) in [4.78, 5) is 4.52. The molecule has 0 fully saturated rings. The Kier molecular flexibility index (Phi) is 4.58. The lowest BCUT2D eigenvalue weighted by molar-refractivity contribution is 0.415. The van der Waals surface area contributed by atoms with E-state index < -0.39 is 0 Å². The van der Waals surface area contributed by atoms with E-state index in [4.69, 9.17) is 4.74 Å². The van der Waals surface area contributed by atoms with Crippen LogP contribution in [0.4, 0.5) is 11.4 Å². The monoisotopic (exact) mass is 318 g/mol. The number of halogens is 1. The lowest BCUT2D eigenvalue weighted by Crippen LogP contribution is -2.06. The van der Waals surface area contributed by atoms with Crippen molar-refractivity contribution >= 4 is 33.1 Å². The molecule has 0 heterocycles. The number of nitrogens with one attached hydrogen (secondary N) is 1. The quantitative estimate of drug-likeness (QED) is 0.661. The zero-order valence-corrected chi connectivity index (χ0v) is 12.4. The Balaban J connectivity index is 2.12. The van der Waals surface area contributed by atoms with Crippen LogP contribution in [0.25, 0.3) is 0 Å². The van der Waals surface area contributed by atoms with Crippen molar-refractivity contribution in [1.82, 2.24) is 0 Å². The van der Waals surface area contributed by atoms with Crippen molar-refractivity contribution in [3.8, 4) is 5.75 Å². The third-order valence-electron chi connectivity index (χ3n) is 2.56. The first-order valence-electron chi connectivity index (χ1n) is 5.90. The van der Waals surface area contributed by atoms with Crippen LogP contribution in [0.2, 0.25) is 0 Å². The van der Waals surface area contributed by atoms with Crippen molar-refractivity contribution in [3.63, 3.8) is 0 Å². The molecule has 0 aliphatic rings. The van der Waals surface area contributed by atoms with Gasteiger partial charge in [-0.1, -0.05) is 12.1 Å². The smallest absolute Gasteiger partial charge is 0.119 e. The van der Waals surface area contributed by atoms with E-state index >= 15 is 0 Å². The van der Waals surface area contributed by atoms with Crippen molar-refractivity contribution < 1.29 is 4.74 Å². The Morgan fingerprint density at radius 1 is 1.11 bits per heavy atom. The molecule has 3 nitrogen and oxygen atoms in total. The summed E-state index contributed by atoms with van der Waals surface area (Å²) in [5.41, 5.74) is 1.88. The summed E-state index contributed by atoms with van der Waals surface area (Å²) in [7, 11) is 1.65. The number of hydrogen-bond donors (Lipinski definition) is 1. The first-order chi connectivity index (χ1) is 9.19. The molecular weight excluding hydrogens is 304 g/mol. The second kappa shape index (κ2) is 6.38. The molecule has 2 aromatic rings. The van der Waals surface area contributed by atoms with Gasteiger partial charge in [-0.25, -0.2) is 4.99 Å². The predicted octanol–water partition coefficient (Wildman–Crippen LogP) is 4.62. The first kappa shape index (κ1) is 13.6. The average Bonchev–Trinajstić information content (AvgIpc) is 2.42. The van der Waals surface area contributed by atoms with E-state index in [1.165, 1.54) is 0 Å². The van der Waals surface area contributed by atoms with Crippen molar-refractivity contribution in [2.75, 3.05) is 12.4 Å². The summed E-state index contributed by atoms with van der Waals surface area (Å²) in [6, 6.07) is 15.6. The van der Waals surface area contributed by atoms with E-state index in [0.29, 0.717) is 0 Å². The number of amidine groups is 1. The van der Waals surface area contributed by atoms with Crippen LogP contribution in [0.5, 0.6) is 5.75 Å². The minimum absolute atomic E-state index is 0.831. The van der Waals surface area contributed by atoms with Crippen LogP contribution in [-0.2, 0) is 0 Å². The van der Waals surface area contributed by atoms with Crippen LogP contribution in [0.1, 0.15) is 6.92 Å². The highest BCUT2D eigenvalue weighted by atomic mass is 79.9. The molecular formula is C15H15BrN2O. The van der Waals surface area contributed by atoms with Gasteiger partial charge in [-0.05, 0) is 59.3 Å². The van der Waals surface area contributed by atoms with E-state index in [-0.39, 0.29) is 0 Å². The molecule has 0 atom stereocenters. The number of para-hydroxylation sites is 1. The second-order valence-corrected chi connectivity index (χ2v) is 4.86. The maximum absolute atomic E-state index is 5.12. The molecule has 0 saturated heterocycles. The zero-order chi connectivity index (χ0) is 13.7. The summed E-state index contributed by atoms with van der Waals surface area (Å²) in [5.74, 6) is 1.67. The van der Waals surface area contributed by atoms with Crippen LogP contribution in [0.3, 0.4) is 0 Å². The lowest BCUT2D eigenvalue weighted by Gasteiger charge is -2.07. The molecule has 0 spiro atoms. The number of methoxy groups -OCH3 is 1. The molecule has 0 bridgehead atoms. The van der Waals surface area contributed by atoms with Crippen molar-refractivity contribution in [2.45, 2.75) is 6.92 Å². The zero-order valence-electron chi connectivity index (χ0n) is 10.9. The first-order valence-corrected chi connectivity index (χ1v) is 6.69. The molecule has 2 rings (SSSR count). The summed E-state index contributed by atoms with van der Waals surface area (Å²) >= 11 is 3.48. The second-order valence-electron chi connectivity index (χ2n) is 4.00. The number of nitrogens with zero attached hydrogens (tertiary/aromatic N) is 1. The summed E-state index contributed by atoms with van der Waals surface area (Å²) in [6.07, 6.45) is 0. The normalized spacial score (nSPS) is 11.2. The van der Waals surface area contributed by atoms with E-state index in [0.717, 1.165) is 27.4 Å². The molecule has 4 heteroatoms. The summed E-state index contributed by atoms with van der Waals surface area (Å²) < 4.78 is 6.10. The van der Waals surface area contributed by atoms with Gasteiger partial charge in [0, 0.05) is 10.2 Å². The van der Waals surface area contributed by atoms with Crippen LogP contribution in [0, 0.1) is 0 Å². The van der Waals surface area contributed by atoms with Gasteiger partial charge in [0.1, 0.15) is 11.6 Å². The Bertz CT molecular complexity index is 579. The van der Waals surface area contributed by atoms with Crippen LogP contribution >= 0.6 is 15.9 Å². The largest absolute Gasteiger partial charge is 0.497 e. The van der Waals surface area contributed by atoms with E-state index in [2.05, 4.69) is 26.2 Å². The topological polar surface area (TPSA) is 33.6 Å². The van der Waals surface area contributed by atoms with Crippen molar-refractivity contribution in [3.05, 3.63) is 53.0 Å². The van der Waals surface area contributed by atoms with Gasteiger partial charge in [-0.15, -0.1) is 0 Å². The predicted molar refractivity (Wildman–Crippen MR) is 83.5 cm³/mol. The molecule has 98 valence electrons. The van der Waals surface area contributed by atoms with Gasteiger partial charge in [0.2, 0.25) is 0 Å². The highest BCUT2D eigenvalue weighted by Crippen LogP contribution is 2.24. The number of ether oxygens (including phenoxy) is 1. The maximum Gasteiger partial charge on any atom is 0.119 e. The molecule has 0 aromatic heterocycles. The summed E-state index contributed by atoms with van der Waals surface area (Å²) in [5, 5.41) is 3.24. The van der Waals surface area contributed by atoms with Gasteiger partial charge in [-0.3, -0.25) is 0 Å². The molecule has 0 unspecified atom stereocenters. The van der Waals surface area contributed by atoms with Gasteiger partial charge >= 0.3 is 0 Å². The minimum Gasteiger partial charge on any atom is -0.497 e. The molecule has 0 radical (unpaired) electrons. The number of rotatable bonds is 3. The average molecular weight is 319 g/mol. The number of benzene rings is 2. The minimum atomic E-state index is 0.831. The van der Waals surface area contributed by atoms with E-state index in [1.807, 2.05) is 55.5 Å². The Labute approximate surface area is 121 Å². The van der Waals surface area contributed by atoms with Gasteiger partial charge in [0.05, 0.1) is 12.8 Å². The fraction of sp³-hybridized carbons (Fsp3) is 0.133. The third kappa shape index (κ3) is 3.83. The van der Waals surface area contributed by atoms with Gasteiger partial charge in [0.15, 0.2) is 0 Å². The van der Waals surface area contributed by atoms with Crippen molar-refractivity contribution in [1.29, 1.82) is 0 Å². The van der Waals surface area contributed by atoms with Crippen LogP contribution in [-0.4, -0.2) is 12.9 Å². The standard InChI is InChI=1S/C15H15BrN2O/c1-11(18-15-6-4-3-5-14(15)16)17-12-7-9-13(19-2)10-8-12/h3-10H,1-2H3,(H,17,18). The Morgan fingerprint density at radius 3 is 2.42 bits per heavy atom. The Hall–Kier alpha value is -1.81. The SMILES string of the molecule is COc1ccc(NC(C)=Nc2ccccc2Br)cc1. The molecule has 1 N–H and O–H groups in total. The fourth-order valence-corrected chi connectivity index (χ4v) is 2.01. The maximum atomic E-state index is 5.12. The Morgan fingerprint density at radius 2 is 1.79 bits per heavy atom.